The third kappa shape index (κ3) is 6.63. The van der Waals surface area contributed by atoms with E-state index in [-0.39, 0.29) is 42.9 Å². The topological polar surface area (TPSA) is 48.9 Å². The molecule has 1 aromatic rings. The van der Waals surface area contributed by atoms with Crippen molar-refractivity contribution in [2.75, 3.05) is 26.7 Å². The van der Waals surface area contributed by atoms with E-state index in [1.807, 2.05) is 6.92 Å². The highest BCUT2D eigenvalue weighted by molar-refractivity contribution is 14.0. The van der Waals surface area contributed by atoms with Crippen molar-refractivity contribution in [1.82, 2.24) is 15.5 Å². The van der Waals surface area contributed by atoms with Crippen LogP contribution in [0, 0.1) is 0 Å². The molecule has 170 valence electrons. The van der Waals surface area contributed by atoms with Gasteiger partial charge in [-0.25, -0.2) is 4.99 Å². The molecule has 2 saturated heterocycles. The Morgan fingerprint density at radius 2 is 1.87 bits per heavy atom. The Kier molecular flexibility index (Phi) is 9.52. The number of piperidine rings is 2. The molecule has 2 bridgehead atoms. The van der Waals surface area contributed by atoms with Crippen LogP contribution in [0.15, 0.2) is 29.3 Å². The lowest BCUT2D eigenvalue weighted by atomic mass is 9.82. The van der Waals surface area contributed by atoms with Crippen molar-refractivity contribution >= 4 is 29.9 Å². The molecule has 2 unspecified atom stereocenters. The van der Waals surface area contributed by atoms with Gasteiger partial charge in [0.15, 0.2) is 5.96 Å². The summed E-state index contributed by atoms with van der Waals surface area (Å²) in [6.45, 7) is 3.09. The molecule has 5 nitrogen and oxygen atoms in total. The zero-order valence-electron chi connectivity index (χ0n) is 17.5. The highest BCUT2D eigenvalue weighted by Crippen LogP contribution is 2.36. The maximum atomic E-state index is 13.0. The van der Waals surface area contributed by atoms with E-state index in [0.717, 1.165) is 25.5 Å². The molecule has 3 rings (SSSR count). The van der Waals surface area contributed by atoms with Crippen LogP contribution in [0.2, 0.25) is 0 Å². The minimum absolute atomic E-state index is 0. The number of alkyl halides is 3. The summed E-state index contributed by atoms with van der Waals surface area (Å²) >= 11 is 0. The minimum atomic E-state index is -4.43. The van der Waals surface area contributed by atoms with Crippen molar-refractivity contribution in [1.29, 1.82) is 0 Å². The van der Waals surface area contributed by atoms with E-state index < -0.39 is 11.7 Å². The summed E-state index contributed by atoms with van der Waals surface area (Å²) in [5.41, 5.74) is -0.758. The van der Waals surface area contributed by atoms with Crippen LogP contribution in [-0.4, -0.2) is 55.7 Å². The first kappa shape index (κ1) is 25.0. The number of aliphatic imine (C=N–C) groups is 1. The van der Waals surface area contributed by atoms with Gasteiger partial charge in [0.1, 0.15) is 12.4 Å². The summed E-state index contributed by atoms with van der Waals surface area (Å²) in [6.07, 6.45) is 1.54. The number of benzene rings is 1. The summed E-state index contributed by atoms with van der Waals surface area (Å²) in [4.78, 5) is 7.01. The van der Waals surface area contributed by atoms with Crippen LogP contribution in [0.3, 0.4) is 0 Å². The van der Waals surface area contributed by atoms with Gasteiger partial charge in [-0.15, -0.1) is 24.0 Å². The molecule has 0 radical (unpaired) electrons. The Bertz CT molecular complexity index is 687. The van der Waals surface area contributed by atoms with Crippen molar-refractivity contribution in [2.45, 2.75) is 63.3 Å². The zero-order valence-corrected chi connectivity index (χ0v) is 19.9. The zero-order chi connectivity index (χ0) is 20.9. The number of halogens is 4. The average Bonchev–Trinajstić information content (AvgIpc) is 2.65. The van der Waals surface area contributed by atoms with Crippen LogP contribution < -0.4 is 15.4 Å². The van der Waals surface area contributed by atoms with E-state index in [9.17, 15) is 13.2 Å². The maximum absolute atomic E-state index is 13.0. The molecule has 2 heterocycles. The van der Waals surface area contributed by atoms with Crippen molar-refractivity contribution in [3.8, 4) is 5.75 Å². The van der Waals surface area contributed by atoms with Crippen molar-refractivity contribution in [2.24, 2.45) is 4.99 Å². The highest BCUT2D eigenvalue weighted by atomic mass is 127. The Morgan fingerprint density at radius 3 is 2.50 bits per heavy atom. The Morgan fingerprint density at radius 1 is 1.20 bits per heavy atom. The lowest BCUT2D eigenvalue weighted by molar-refractivity contribution is -0.138. The molecule has 0 amide bonds. The monoisotopic (exact) mass is 540 g/mol. The normalized spacial score (nSPS) is 24.7. The van der Waals surface area contributed by atoms with Crippen LogP contribution in [0.4, 0.5) is 13.2 Å². The molecular formula is C21H32F3IN4O. The summed E-state index contributed by atoms with van der Waals surface area (Å²) in [5.74, 6) is 0.545. The van der Waals surface area contributed by atoms with Crippen molar-refractivity contribution in [3.63, 3.8) is 0 Å². The summed E-state index contributed by atoms with van der Waals surface area (Å²) in [6, 6.07) is 6.87. The van der Waals surface area contributed by atoms with E-state index in [0.29, 0.717) is 24.1 Å². The van der Waals surface area contributed by atoms with E-state index in [1.54, 1.807) is 0 Å². The largest absolute Gasteiger partial charge is 0.491 e. The number of nitrogens with one attached hydrogen (secondary N) is 2. The van der Waals surface area contributed by atoms with Crippen LogP contribution in [0.1, 0.15) is 44.6 Å². The molecule has 2 N–H and O–H groups in total. The van der Waals surface area contributed by atoms with Gasteiger partial charge in [0, 0.05) is 24.7 Å². The Balaban J connectivity index is 0.00000320. The molecule has 2 aliphatic heterocycles. The van der Waals surface area contributed by atoms with E-state index in [1.165, 1.54) is 37.5 Å². The van der Waals surface area contributed by atoms with Gasteiger partial charge in [-0.1, -0.05) is 18.6 Å². The smallest absolute Gasteiger partial charge is 0.419 e. The van der Waals surface area contributed by atoms with Gasteiger partial charge >= 0.3 is 6.18 Å². The third-order valence-corrected chi connectivity index (χ3v) is 5.84. The minimum Gasteiger partial charge on any atom is -0.491 e. The van der Waals surface area contributed by atoms with Gasteiger partial charge in [-0.05, 0) is 51.8 Å². The summed E-state index contributed by atoms with van der Waals surface area (Å²) < 4.78 is 44.5. The number of para-hydroxylation sites is 1. The first-order valence-electron chi connectivity index (χ1n) is 10.4. The number of nitrogens with zero attached hydrogens (tertiary/aromatic N) is 2. The van der Waals surface area contributed by atoms with Crippen molar-refractivity contribution in [3.05, 3.63) is 29.8 Å². The average molecular weight is 540 g/mol. The first-order chi connectivity index (χ1) is 13.9. The van der Waals surface area contributed by atoms with Gasteiger partial charge in [0.25, 0.3) is 0 Å². The molecule has 0 spiro atoms. The van der Waals surface area contributed by atoms with E-state index in [2.05, 4.69) is 27.6 Å². The summed E-state index contributed by atoms with van der Waals surface area (Å²) in [7, 11) is 2.22. The molecule has 30 heavy (non-hydrogen) atoms. The van der Waals surface area contributed by atoms with Crippen LogP contribution >= 0.6 is 24.0 Å². The van der Waals surface area contributed by atoms with Gasteiger partial charge in [0.05, 0.1) is 12.1 Å². The Hall–Kier alpha value is -1.23. The number of ether oxygens (including phenoxy) is 1. The van der Waals surface area contributed by atoms with Gasteiger partial charge < -0.3 is 20.3 Å². The number of fused-ring (bicyclic) bond motifs is 2. The molecule has 9 heteroatoms. The number of rotatable bonds is 6. The predicted octanol–water partition coefficient (Wildman–Crippen LogP) is 4.27. The summed E-state index contributed by atoms with van der Waals surface area (Å²) in [5, 5.41) is 6.75. The quantitative estimate of drug-likeness (QED) is 0.245. The molecule has 2 fully saturated rings. The Labute approximate surface area is 193 Å². The number of guanidine groups is 1. The van der Waals surface area contributed by atoms with Crippen molar-refractivity contribution < 1.29 is 17.9 Å². The second-order valence-electron chi connectivity index (χ2n) is 7.82. The maximum Gasteiger partial charge on any atom is 0.419 e. The highest BCUT2D eigenvalue weighted by Gasteiger charge is 2.36. The molecule has 0 aromatic heterocycles. The fraction of sp³-hybridized carbons (Fsp3) is 0.667. The van der Waals surface area contributed by atoms with E-state index >= 15 is 0 Å². The van der Waals surface area contributed by atoms with Gasteiger partial charge in [-0.2, -0.15) is 13.2 Å². The number of hydrogen-bond acceptors (Lipinski definition) is 3. The molecule has 0 saturated carbocycles. The molecular weight excluding hydrogens is 508 g/mol. The number of hydrogen-bond donors (Lipinski definition) is 2. The predicted molar refractivity (Wildman–Crippen MR) is 124 cm³/mol. The molecule has 2 aliphatic rings. The van der Waals surface area contributed by atoms with Gasteiger partial charge in [0.2, 0.25) is 0 Å². The SMILES string of the molecule is CCNC(=NCCOc1ccccc1C(F)(F)F)NC1CC2CCCC(C1)N2C.I. The van der Waals surface area contributed by atoms with Crippen LogP contribution in [0.5, 0.6) is 5.75 Å². The second kappa shape index (κ2) is 11.4. The first-order valence-corrected chi connectivity index (χ1v) is 10.4. The fourth-order valence-electron chi connectivity index (χ4n) is 4.39. The molecule has 0 aliphatic carbocycles. The van der Waals surface area contributed by atoms with E-state index in [4.69, 9.17) is 4.74 Å². The fourth-order valence-corrected chi connectivity index (χ4v) is 4.39. The third-order valence-electron chi connectivity index (χ3n) is 5.84. The van der Waals surface area contributed by atoms with Gasteiger partial charge in [-0.3, -0.25) is 0 Å². The second-order valence-corrected chi connectivity index (χ2v) is 7.82. The lowest BCUT2D eigenvalue weighted by Gasteiger charge is -2.47. The molecule has 1 aromatic carbocycles. The van der Waals surface area contributed by atoms with Crippen LogP contribution in [0.25, 0.3) is 0 Å². The van der Waals surface area contributed by atoms with Crippen LogP contribution in [-0.2, 0) is 6.18 Å². The standard InChI is InChI=1S/C21H31F3N4O.HI/c1-3-25-20(27-15-13-16-7-6-8-17(14-15)28(16)2)26-11-12-29-19-10-5-4-9-18(19)21(22,23)24;/h4-5,9-10,15-17H,3,6-8,11-14H2,1-2H3,(H2,25,26,27);1H. The lowest BCUT2D eigenvalue weighted by Crippen LogP contribution is -2.56. The molecule has 2 atom stereocenters.